The van der Waals surface area contributed by atoms with Crippen LogP contribution in [0.3, 0.4) is 0 Å². The molecule has 0 aromatic rings. The Morgan fingerprint density at radius 1 is 0.484 bits per heavy atom. The van der Waals surface area contributed by atoms with Gasteiger partial charge in [-0.05, 0) is 38.5 Å². The summed E-state index contributed by atoms with van der Waals surface area (Å²) in [7, 11) is 0. The van der Waals surface area contributed by atoms with Crippen LogP contribution in [0.15, 0.2) is 12.2 Å². The molecule has 2 rings (SSSR count). The molecular weight excluding hydrogens is 829 g/mol. The van der Waals surface area contributed by atoms with Crippen LogP contribution in [0.5, 0.6) is 0 Å². The minimum Gasteiger partial charge on any atom is -0.462 e. The van der Waals surface area contributed by atoms with E-state index in [-0.39, 0.29) is 26.1 Å². The summed E-state index contributed by atoms with van der Waals surface area (Å²) in [4.78, 5) is 25.7. The van der Waals surface area contributed by atoms with Crippen molar-refractivity contribution >= 4 is 11.9 Å². The normalized spacial score (nSPS) is 26.6. The van der Waals surface area contributed by atoms with Gasteiger partial charge in [0, 0.05) is 12.8 Å². The maximum absolute atomic E-state index is 12.9. The number of hydrogen-bond donors (Lipinski definition) is 7. The minimum atomic E-state index is -1.76. The molecule has 2 saturated heterocycles. The fourth-order valence-corrected chi connectivity index (χ4v) is 8.04. The van der Waals surface area contributed by atoms with Gasteiger partial charge >= 0.3 is 11.9 Å². The van der Waals surface area contributed by atoms with Gasteiger partial charge in [-0.3, -0.25) is 9.59 Å². The molecule has 15 nitrogen and oxygen atoms in total. The fraction of sp³-hybridized carbons (Fsp3) is 0.918. The third-order valence-electron chi connectivity index (χ3n) is 12.2. The molecule has 0 amide bonds. The minimum absolute atomic E-state index is 0.169. The molecule has 15 heteroatoms. The molecule has 0 aliphatic carbocycles. The smallest absolute Gasteiger partial charge is 0.306 e. The molecule has 2 heterocycles. The highest BCUT2D eigenvalue weighted by atomic mass is 16.7. The monoisotopic (exact) mass is 919 g/mol. The molecule has 2 fully saturated rings. The number of unbranched alkanes of at least 4 members (excludes halogenated alkanes) is 23. The van der Waals surface area contributed by atoms with Gasteiger partial charge in [-0.15, -0.1) is 0 Å². The summed E-state index contributed by atoms with van der Waals surface area (Å²) >= 11 is 0. The number of esters is 2. The topological polar surface area (TPSA) is 231 Å². The Labute approximate surface area is 384 Å². The first-order chi connectivity index (χ1) is 31.0. The van der Waals surface area contributed by atoms with Crippen molar-refractivity contribution < 1.29 is 73.8 Å². The van der Waals surface area contributed by atoms with Gasteiger partial charge in [-0.2, -0.15) is 0 Å². The van der Waals surface area contributed by atoms with Crippen molar-refractivity contribution in [3.63, 3.8) is 0 Å². The summed E-state index contributed by atoms with van der Waals surface area (Å²) in [6, 6.07) is 0. The average molecular weight is 919 g/mol. The van der Waals surface area contributed by atoms with Crippen LogP contribution in [0.1, 0.15) is 194 Å². The zero-order chi connectivity index (χ0) is 46.8. The van der Waals surface area contributed by atoms with Gasteiger partial charge in [0.15, 0.2) is 18.7 Å². The van der Waals surface area contributed by atoms with Crippen molar-refractivity contribution in [3.8, 4) is 0 Å². The van der Waals surface area contributed by atoms with Crippen LogP contribution in [0, 0.1) is 0 Å². The lowest BCUT2D eigenvalue weighted by Gasteiger charge is -2.42. The van der Waals surface area contributed by atoms with Crippen LogP contribution in [0.2, 0.25) is 0 Å². The number of rotatable bonds is 39. The van der Waals surface area contributed by atoms with Crippen LogP contribution in [0.25, 0.3) is 0 Å². The van der Waals surface area contributed by atoms with Crippen molar-refractivity contribution in [1.29, 1.82) is 0 Å². The first kappa shape index (κ1) is 58.4. The second kappa shape index (κ2) is 37.2. The summed E-state index contributed by atoms with van der Waals surface area (Å²) in [5.74, 6) is -0.923. The molecule has 0 spiro atoms. The average Bonchev–Trinajstić information content (AvgIpc) is 3.29. The number of ether oxygens (including phenoxy) is 6. The predicted molar refractivity (Wildman–Crippen MR) is 243 cm³/mol. The molecule has 2 aliphatic heterocycles. The first-order valence-electron chi connectivity index (χ1n) is 25.3. The largest absolute Gasteiger partial charge is 0.462 e. The van der Waals surface area contributed by atoms with Crippen molar-refractivity contribution in [3.05, 3.63) is 12.2 Å². The van der Waals surface area contributed by atoms with Gasteiger partial charge in [0.1, 0.15) is 55.4 Å². The van der Waals surface area contributed by atoms with E-state index in [0.29, 0.717) is 12.8 Å². The van der Waals surface area contributed by atoms with Crippen LogP contribution in [0.4, 0.5) is 0 Å². The van der Waals surface area contributed by atoms with E-state index in [9.17, 15) is 45.3 Å². The van der Waals surface area contributed by atoms with Crippen molar-refractivity contribution in [2.75, 3.05) is 26.4 Å². The molecule has 0 aromatic carbocycles. The van der Waals surface area contributed by atoms with E-state index in [2.05, 4.69) is 26.0 Å². The Balaban J connectivity index is 1.80. The molecule has 7 N–H and O–H groups in total. The number of carbonyl (C=O) groups excluding carboxylic acids is 2. The summed E-state index contributed by atoms with van der Waals surface area (Å²) in [6.45, 7) is 2.58. The molecule has 0 bridgehead atoms. The first-order valence-corrected chi connectivity index (χ1v) is 25.3. The predicted octanol–water partition coefficient (Wildman–Crippen LogP) is 6.60. The lowest BCUT2D eigenvalue weighted by Crippen LogP contribution is -2.61. The zero-order valence-electron chi connectivity index (χ0n) is 39.5. The van der Waals surface area contributed by atoms with Gasteiger partial charge in [0.25, 0.3) is 0 Å². The Hall–Kier alpha value is -1.76. The highest BCUT2D eigenvalue weighted by Crippen LogP contribution is 2.26. The Morgan fingerprint density at radius 3 is 1.38 bits per heavy atom. The molecule has 11 atom stereocenters. The van der Waals surface area contributed by atoms with E-state index in [1.54, 1.807) is 0 Å². The highest BCUT2D eigenvalue weighted by molar-refractivity contribution is 5.70. The third kappa shape index (κ3) is 25.4. The van der Waals surface area contributed by atoms with Gasteiger partial charge < -0.3 is 64.2 Å². The molecule has 376 valence electrons. The molecule has 4 unspecified atom stereocenters. The number of hydrogen-bond acceptors (Lipinski definition) is 15. The molecule has 64 heavy (non-hydrogen) atoms. The highest BCUT2D eigenvalue weighted by Gasteiger charge is 2.47. The van der Waals surface area contributed by atoms with Gasteiger partial charge in [-0.25, -0.2) is 0 Å². The third-order valence-corrected chi connectivity index (χ3v) is 12.2. The van der Waals surface area contributed by atoms with E-state index in [0.717, 1.165) is 44.9 Å². The van der Waals surface area contributed by atoms with Gasteiger partial charge in [0.2, 0.25) is 0 Å². The lowest BCUT2D eigenvalue weighted by molar-refractivity contribution is -0.332. The van der Waals surface area contributed by atoms with Crippen molar-refractivity contribution in [1.82, 2.24) is 0 Å². The lowest BCUT2D eigenvalue weighted by atomic mass is 9.98. The number of aliphatic hydroxyl groups excluding tert-OH is 7. The Morgan fingerprint density at radius 2 is 0.891 bits per heavy atom. The maximum atomic E-state index is 12.9. The van der Waals surface area contributed by atoms with Gasteiger partial charge in [-0.1, -0.05) is 154 Å². The quantitative estimate of drug-likeness (QED) is 0.0196. The standard InChI is InChI=1S/C49H90O15/c1-3-5-7-9-11-13-15-16-17-18-19-20-22-23-25-27-29-31-40(51)59-34-37(62-41(52)32-30-28-26-24-21-14-12-10-8-6-4-2)35-60-48-47(58)45(56)43(54)39(64-48)36-61-49-46(57)44(55)42(53)38(33-50)63-49/h16-17,37-39,42-50,53-58H,3-15,18-36H2,1-2H3/b17-16+/t37-,38+,39+,42-,43-,44?,45?,46?,47?,48+,49+/m0/s1. The number of carbonyl (C=O) groups is 2. The summed E-state index contributed by atoms with van der Waals surface area (Å²) < 4.78 is 33.5. The summed E-state index contributed by atoms with van der Waals surface area (Å²) in [5.41, 5.74) is 0. The molecule has 2 aliphatic rings. The van der Waals surface area contributed by atoms with E-state index < -0.39 is 92.7 Å². The molecule has 0 aromatic heterocycles. The van der Waals surface area contributed by atoms with Gasteiger partial charge in [0.05, 0.1) is 19.8 Å². The van der Waals surface area contributed by atoms with E-state index in [4.69, 9.17) is 28.4 Å². The van der Waals surface area contributed by atoms with E-state index in [1.165, 1.54) is 109 Å². The Bertz CT molecular complexity index is 1170. The fourth-order valence-electron chi connectivity index (χ4n) is 8.04. The Kier molecular flexibility index (Phi) is 34.0. The molecular formula is C49H90O15. The van der Waals surface area contributed by atoms with Crippen LogP contribution in [-0.4, -0.2) is 142 Å². The number of allylic oxidation sites excluding steroid dienone is 2. The second-order valence-corrected chi connectivity index (χ2v) is 18.0. The van der Waals surface area contributed by atoms with E-state index >= 15 is 0 Å². The second-order valence-electron chi connectivity index (χ2n) is 18.0. The van der Waals surface area contributed by atoms with Crippen LogP contribution < -0.4 is 0 Å². The van der Waals surface area contributed by atoms with Crippen LogP contribution >= 0.6 is 0 Å². The summed E-state index contributed by atoms with van der Waals surface area (Å²) in [6.07, 6.45) is 18.2. The number of aliphatic hydroxyl groups is 7. The van der Waals surface area contributed by atoms with E-state index in [1.807, 2.05) is 0 Å². The zero-order valence-corrected chi connectivity index (χ0v) is 39.5. The molecule has 0 radical (unpaired) electrons. The maximum Gasteiger partial charge on any atom is 0.306 e. The SMILES string of the molecule is CCCCCCCC/C=C/CCCCCCCCCC(=O)OC[C@@H](CO[C@@H]1O[C@H](CO[C@@H]2O[C@H](CO)[C@H](O)C(O)C2O)[C@H](O)C(O)C1O)OC(=O)CCCCCCCCCCCCC. The summed E-state index contributed by atoms with van der Waals surface area (Å²) in [5, 5.41) is 72.0. The van der Waals surface area contributed by atoms with Crippen LogP contribution in [-0.2, 0) is 38.0 Å². The molecule has 0 saturated carbocycles. The van der Waals surface area contributed by atoms with Crippen molar-refractivity contribution in [2.45, 2.75) is 261 Å². The van der Waals surface area contributed by atoms with Crippen molar-refractivity contribution in [2.24, 2.45) is 0 Å².